The van der Waals surface area contributed by atoms with E-state index in [9.17, 15) is 9.59 Å². The summed E-state index contributed by atoms with van der Waals surface area (Å²) in [6, 6.07) is 7.00. The average Bonchev–Trinajstić information content (AvgIpc) is 2.38. The van der Waals surface area contributed by atoms with Gasteiger partial charge in [0, 0.05) is 19.0 Å². The molecule has 1 aromatic heterocycles. The van der Waals surface area contributed by atoms with Gasteiger partial charge in [-0.25, -0.2) is 5.10 Å². The molecule has 0 aliphatic rings. The molecule has 0 spiro atoms. The van der Waals surface area contributed by atoms with Crippen molar-refractivity contribution in [2.24, 2.45) is 5.92 Å². The van der Waals surface area contributed by atoms with Gasteiger partial charge in [0.2, 0.25) is 0 Å². The van der Waals surface area contributed by atoms with Gasteiger partial charge >= 0.3 is 0 Å². The number of nitrogens with zero attached hydrogens (tertiary/aromatic N) is 2. The minimum absolute atomic E-state index is 0.179. The molecule has 1 heterocycles. The van der Waals surface area contributed by atoms with Crippen molar-refractivity contribution >= 4 is 16.7 Å². The van der Waals surface area contributed by atoms with Crippen molar-refractivity contribution in [2.45, 2.75) is 13.8 Å². The van der Waals surface area contributed by atoms with Gasteiger partial charge in [-0.05, 0) is 12.0 Å². The average molecular weight is 259 g/mol. The lowest BCUT2D eigenvalue weighted by Crippen LogP contribution is -2.32. The summed E-state index contributed by atoms with van der Waals surface area (Å²) in [5, 5.41) is 7.36. The summed E-state index contributed by atoms with van der Waals surface area (Å²) in [6.07, 6.45) is 0. The molecule has 1 N–H and O–H groups in total. The lowest BCUT2D eigenvalue weighted by molar-refractivity contribution is 0.0774. The zero-order chi connectivity index (χ0) is 14.0. The highest BCUT2D eigenvalue weighted by Crippen LogP contribution is 2.14. The Morgan fingerprint density at radius 3 is 2.58 bits per heavy atom. The van der Waals surface area contributed by atoms with Crippen molar-refractivity contribution in [3.63, 3.8) is 0 Å². The maximum atomic E-state index is 12.3. The molecule has 0 saturated heterocycles. The first-order valence-electron chi connectivity index (χ1n) is 6.23. The summed E-state index contributed by atoms with van der Waals surface area (Å²) >= 11 is 0. The smallest absolute Gasteiger partial charge is 0.274 e. The Morgan fingerprint density at radius 1 is 1.32 bits per heavy atom. The van der Waals surface area contributed by atoms with Gasteiger partial charge < -0.3 is 4.90 Å². The summed E-state index contributed by atoms with van der Waals surface area (Å²) in [7, 11) is 1.74. The topological polar surface area (TPSA) is 66.1 Å². The summed E-state index contributed by atoms with van der Waals surface area (Å²) in [6.45, 7) is 4.73. The van der Waals surface area contributed by atoms with Crippen LogP contribution in [-0.2, 0) is 0 Å². The van der Waals surface area contributed by atoms with Crippen LogP contribution in [0, 0.1) is 5.92 Å². The molecule has 5 nitrogen and oxygen atoms in total. The quantitative estimate of drug-likeness (QED) is 0.911. The number of rotatable bonds is 3. The van der Waals surface area contributed by atoms with Crippen LogP contribution in [0.1, 0.15) is 24.3 Å². The van der Waals surface area contributed by atoms with E-state index in [0.717, 1.165) is 0 Å². The zero-order valence-corrected chi connectivity index (χ0v) is 11.3. The van der Waals surface area contributed by atoms with Crippen molar-refractivity contribution < 1.29 is 4.79 Å². The number of carbonyl (C=O) groups excluding carboxylic acids is 1. The van der Waals surface area contributed by atoms with Crippen molar-refractivity contribution in [1.29, 1.82) is 0 Å². The van der Waals surface area contributed by atoms with Gasteiger partial charge in [-0.2, -0.15) is 5.10 Å². The first kappa shape index (κ1) is 13.3. The number of amides is 1. The SMILES string of the molecule is CC(C)CN(C)C(=O)c1n[nH]c(=O)c2ccccc12. The van der Waals surface area contributed by atoms with Crippen molar-refractivity contribution in [1.82, 2.24) is 15.1 Å². The van der Waals surface area contributed by atoms with E-state index in [2.05, 4.69) is 10.2 Å². The molecule has 0 atom stereocenters. The molecule has 100 valence electrons. The largest absolute Gasteiger partial charge is 0.340 e. The molecule has 1 amide bonds. The number of benzene rings is 1. The molecular weight excluding hydrogens is 242 g/mol. The fraction of sp³-hybridized carbons (Fsp3) is 0.357. The zero-order valence-electron chi connectivity index (χ0n) is 11.3. The predicted octanol–water partition coefficient (Wildman–Crippen LogP) is 1.65. The molecule has 0 radical (unpaired) electrons. The van der Waals surface area contributed by atoms with Crippen LogP contribution in [0.25, 0.3) is 10.8 Å². The van der Waals surface area contributed by atoms with Gasteiger partial charge in [0.25, 0.3) is 11.5 Å². The fourth-order valence-corrected chi connectivity index (χ4v) is 2.09. The van der Waals surface area contributed by atoms with E-state index in [-0.39, 0.29) is 11.5 Å². The highest BCUT2D eigenvalue weighted by molar-refractivity contribution is 6.04. The molecule has 0 saturated carbocycles. The van der Waals surface area contributed by atoms with Crippen LogP contribution in [0.5, 0.6) is 0 Å². The monoisotopic (exact) mass is 259 g/mol. The van der Waals surface area contributed by atoms with Gasteiger partial charge in [-0.3, -0.25) is 9.59 Å². The normalized spacial score (nSPS) is 10.9. The predicted molar refractivity (Wildman–Crippen MR) is 74.2 cm³/mol. The molecule has 0 fully saturated rings. The number of aromatic nitrogens is 2. The van der Waals surface area contributed by atoms with Gasteiger partial charge in [0.05, 0.1) is 5.39 Å². The summed E-state index contributed by atoms with van der Waals surface area (Å²) in [5.41, 5.74) is 0.0111. The van der Waals surface area contributed by atoms with E-state index in [1.807, 2.05) is 13.8 Å². The van der Waals surface area contributed by atoms with E-state index in [1.165, 1.54) is 0 Å². The van der Waals surface area contributed by atoms with Crippen LogP contribution in [0.4, 0.5) is 0 Å². The van der Waals surface area contributed by atoms with Gasteiger partial charge in [0.1, 0.15) is 0 Å². The molecule has 5 heteroatoms. The summed E-state index contributed by atoms with van der Waals surface area (Å²) in [5.74, 6) is 0.198. The lowest BCUT2D eigenvalue weighted by Gasteiger charge is -2.19. The first-order chi connectivity index (χ1) is 9.00. The van der Waals surface area contributed by atoms with E-state index in [1.54, 1.807) is 36.2 Å². The van der Waals surface area contributed by atoms with Crippen LogP contribution in [0.2, 0.25) is 0 Å². The van der Waals surface area contributed by atoms with Crippen molar-refractivity contribution in [2.75, 3.05) is 13.6 Å². The van der Waals surface area contributed by atoms with Crippen LogP contribution in [0.3, 0.4) is 0 Å². The molecule has 1 aromatic carbocycles. The van der Waals surface area contributed by atoms with E-state index >= 15 is 0 Å². The van der Waals surface area contributed by atoms with E-state index in [0.29, 0.717) is 28.9 Å². The van der Waals surface area contributed by atoms with Crippen molar-refractivity contribution in [3.05, 3.63) is 40.3 Å². The minimum atomic E-state index is -0.279. The summed E-state index contributed by atoms with van der Waals surface area (Å²) < 4.78 is 0. The number of H-pyrrole nitrogens is 1. The van der Waals surface area contributed by atoms with Gasteiger partial charge in [-0.1, -0.05) is 32.0 Å². The molecule has 0 aliphatic carbocycles. The molecule has 2 rings (SSSR count). The highest BCUT2D eigenvalue weighted by Gasteiger charge is 2.18. The second-order valence-electron chi connectivity index (χ2n) is 5.03. The molecule has 0 bridgehead atoms. The Balaban J connectivity index is 2.49. The van der Waals surface area contributed by atoms with Gasteiger partial charge in [-0.15, -0.1) is 0 Å². The maximum Gasteiger partial charge on any atom is 0.274 e. The Kier molecular flexibility index (Phi) is 3.64. The second-order valence-corrected chi connectivity index (χ2v) is 5.03. The second kappa shape index (κ2) is 5.22. The number of aromatic amines is 1. The van der Waals surface area contributed by atoms with E-state index in [4.69, 9.17) is 0 Å². The highest BCUT2D eigenvalue weighted by atomic mass is 16.2. The fourth-order valence-electron chi connectivity index (χ4n) is 2.09. The van der Waals surface area contributed by atoms with E-state index < -0.39 is 0 Å². The first-order valence-corrected chi connectivity index (χ1v) is 6.23. The molecular formula is C14H17N3O2. The van der Waals surface area contributed by atoms with Crippen LogP contribution in [-0.4, -0.2) is 34.6 Å². The standard InChI is InChI=1S/C14H17N3O2/c1-9(2)8-17(3)14(19)12-10-6-4-5-7-11(10)13(18)16-15-12/h4-7,9H,8H2,1-3H3,(H,16,18). The Bertz CT molecular complexity index is 661. The Morgan fingerprint density at radius 2 is 1.95 bits per heavy atom. The number of nitrogens with one attached hydrogen (secondary N) is 1. The van der Waals surface area contributed by atoms with Crippen molar-refractivity contribution in [3.8, 4) is 0 Å². The molecule has 0 unspecified atom stereocenters. The number of hydrogen-bond donors (Lipinski definition) is 1. The lowest BCUT2D eigenvalue weighted by atomic mass is 10.1. The third-order valence-corrected chi connectivity index (χ3v) is 2.88. The van der Waals surface area contributed by atoms with Gasteiger partial charge in [0.15, 0.2) is 5.69 Å². The van der Waals surface area contributed by atoms with Crippen LogP contribution in [0.15, 0.2) is 29.1 Å². The number of hydrogen-bond acceptors (Lipinski definition) is 3. The van der Waals surface area contributed by atoms with Crippen LogP contribution >= 0.6 is 0 Å². The third kappa shape index (κ3) is 2.65. The number of fused-ring (bicyclic) bond motifs is 1. The summed E-state index contributed by atoms with van der Waals surface area (Å²) in [4.78, 5) is 25.6. The third-order valence-electron chi connectivity index (χ3n) is 2.88. The molecule has 19 heavy (non-hydrogen) atoms. The Labute approximate surface area is 111 Å². The molecule has 2 aromatic rings. The van der Waals surface area contributed by atoms with Crippen LogP contribution < -0.4 is 5.56 Å². The molecule has 0 aliphatic heterocycles. The maximum absolute atomic E-state index is 12.3. The Hall–Kier alpha value is -2.17. The minimum Gasteiger partial charge on any atom is -0.340 e. The number of carbonyl (C=O) groups is 1.